The smallest absolute Gasteiger partial charge is 0.312 e. The molecule has 10 heteroatoms. The highest BCUT2D eigenvalue weighted by Crippen LogP contribution is 2.73. The monoisotopic (exact) mass is 478 g/mol. The standard InChI is InChI=1S/C24H30O10/c1-13-8-24(29)22-11-31-20(27)21(13,9-17(33-14(2)25)16-6-7-30-10-16)18(22)4-5-19(34-15(3)26)23(22,28)12-32-24/h6-7,10,13,17-19,28-29H,4-5,8-9,11-12H2,1-3H3/t13-,17+,18-,19+,21-,22-,23-,24-/m1/s1. The summed E-state index contributed by atoms with van der Waals surface area (Å²) in [6.45, 7) is 3.88. The van der Waals surface area contributed by atoms with Crippen LogP contribution < -0.4 is 0 Å². The summed E-state index contributed by atoms with van der Waals surface area (Å²) in [6, 6.07) is 1.67. The molecule has 0 unspecified atom stereocenters. The summed E-state index contributed by atoms with van der Waals surface area (Å²) < 4.78 is 27.9. The van der Waals surface area contributed by atoms with Crippen molar-refractivity contribution in [3.63, 3.8) is 0 Å². The Morgan fingerprint density at radius 3 is 2.62 bits per heavy atom. The van der Waals surface area contributed by atoms with Crippen LogP contribution in [0, 0.1) is 22.7 Å². The van der Waals surface area contributed by atoms with Gasteiger partial charge in [0.2, 0.25) is 0 Å². The van der Waals surface area contributed by atoms with Gasteiger partial charge in [0.15, 0.2) is 5.79 Å². The van der Waals surface area contributed by atoms with Crippen LogP contribution in [0.4, 0.5) is 0 Å². The Morgan fingerprint density at radius 2 is 1.97 bits per heavy atom. The Kier molecular flexibility index (Phi) is 5.17. The fourth-order valence-corrected chi connectivity index (χ4v) is 7.43. The lowest BCUT2D eigenvalue weighted by molar-refractivity contribution is -0.355. The zero-order valence-electron chi connectivity index (χ0n) is 19.4. The van der Waals surface area contributed by atoms with Gasteiger partial charge in [-0.1, -0.05) is 6.92 Å². The zero-order valence-corrected chi connectivity index (χ0v) is 19.4. The molecule has 2 aliphatic heterocycles. The minimum Gasteiger partial charge on any atom is -0.472 e. The molecular weight excluding hydrogens is 448 g/mol. The van der Waals surface area contributed by atoms with E-state index < -0.39 is 64.2 Å². The molecule has 0 amide bonds. The number of rotatable bonds is 5. The van der Waals surface area contributed by atoms with Crippen LogP contribution in [0.15, 0.2) is 23.0 Å². The predicted octanol–water partition coefficient (Wildman–Crippen LogP) is 1.63. The molecule has 2 N–H and O–H groups in total. The van der Waals surface area contributed by atoms with Gasteiger partial charge in [-0.05, 0) is 30.7 Å². The minimum atomic E-state index is -1.78. The summed E-state index contributed by atoms with van der Waals surface area (Å²) >= 11 is 0. The fraction of sp³-hybridized carbons (Fsp3) is 0.708. The van der Waals surface area contributed by atoms with Crippen LogP contribution in [0.25, 0.3) is 0 Å². The Labute approximate surface area is 196 Å². The molecule has 8 atom stereocenters. The topological polar surface area (TPSA) is 142 Å². The first-order valence-corrected chi connectivity index (χ1v) is 11.6. The van der Waals surface area contributed by atoms with Crippen molar-refractivity contribution >= 4 is 17.9 Å². The van der Waals surface area contributed by atoms with Crippen molar-refractivity contribution in [1.82, 2.24) is 0 Å². The first-order chi connectivity index (χ1) is 16.0. The van der Waals surface area contributed by atoms with Gasteiger partial charge >= 0.3 is 17.9 Å². The maximum atomic E-state index is 13.6. The average molecular weight is 478 g/mol. The normalized spacial score (nSPS) is 43.4. The summed E-state index contributed by atoms with van der Waals surface area (Å²) in [4.78, 5) is 37.4. The van der Waals surface area contributed by atoms with E-state index in [2.05, 4.69) is 0 Å². The third kappa shape index (κ3) is 2.82. The summed E-state index contributed by atoms with van der Waals surface area (Å²) in [6.07, 6.45) is 2.02. The quantitative estimate of drug-likeness (QED) is 0.474. The van der Waals surface area contributed by atoms with Gasteiger partial charge in [-0.2, -0.15) is 0 Å². The molecule has 186 valence electrons. The molecule has 3 heterocycles. The van der Waals surface area contributed by atoms with E-state index in [1.165, 1.54) is 26.4 Å². The summed E-state index contributed by atoms with van der Waals surface area (Å²) in [7, 11) is 0. The largest absolute Gasteiger partial charge is 0.472 e. The van der Waals surface area contributed by atoms with Gasteiger partial charge in [0, 0.05) is 32.3 Å². The first kappa shape index (κ1) is 23.3. The summed E-state index contributed by atoms with van der Waals surface area (Å²) in [5, 5.41) is 23.7. The maximum absolute atomic E-state index is 13.6. The van der Waals surface area contributed by atoms with Crippen molar-refractivity contribution in [2.45, 2.75) is 70.1 Å². The van der Waals surface area contributed by atoms with Gasteiger partial charge in [0.1, 0.15) is 24.4 Å². The molecule has 5 rings (SSSR count). The van der Waals surface area contributed by atoms with E-state index in [9.17, 15) is 24.6 Å². The van der Waals surface area contributed by atoms with Crippen LogP contribution in [-0.4, -0.2) is 58.8 Å². The number of furan rings is 1. The maximum Gasteiger partial charge on any atom is 0.312 e. The number of hydrogen-bond acceptors (Lipinski definition) is 10. The summed E-state index contributed by atoms with van der Waals surface area (Å²) in [5.41, 5.74) is -3.76. The Morgan fingerprint density at radius 1 is 1.21 bits per heavy atom. The van der Waals surface area contributed by atoms with E-state index in [4.69, 9.17) is 23.4 Å². The molecule has 1 aromatic rings. The van der Waals surface area contributed by atoms with Crippen molar-refractivity contribution in [1.29, 1.82) is 0 Å². The highest BCUT2D eigenvalue weighted by Gasteiger charge is 2.84. The van der Waals surface area contributed by atoms with E-state index in [1.54, 1.807) is 6.07 Å². The number of esters is 3. The molecule has 0 aromatic carbocycles. The van der Waals surface area contributed by atoms with Gasteiger partial charge in [0.05, 0.1) is 30.0 Å². The lowest BCUT2D eigenvalue weighted by Crippen LogP contribution is -2.78. The second-order valence-corrected chi connectivity index (χ2v) is 10.3. The van der Waals surface area contributed by atoms with E-state index in [0.29, 0.717) is 12.0 Å². The van der Waals surface area contributed by atoms with Crippen molar-refractivity contribution in [2.75, 3.05) is 13.2 Å². The Bertz CT molecular complexity index is 1010. The Hall–Kier alpha value is -2.43. The van der Waals surface area contributed by atoms with Crippen LogP contribution in [0.2, 0.25) is 0 Å². The van der Waals surface area contributed by atoms with Crippen molar-refractivity contribution in [2.24, 2.45) is 22.7 Å². The van der Waals surface area contributed by atoms with Gasteiger partial charge in [-0.15, -0.1) is 0 Å². The van der Waals surface area contributed by atoms with Gasteiger partial charge in [0.25, 0.3) is 0 Å². The number of carbonyl (C=O) groups is 3. The van der Waals surface area contributed by atoms with E-state index >= 15 is 0 Å². The highest BCUT2D eigenvalue weighted by atomic mass is 16.7. The zero-order chi connectivity index (χ0) is 24.5. The van der Waals surface area contributed by atoms with E-state index in [0.717, 1.165) is 0 Å². The van der Waals surface area contributed by atoms with Crippen molar-refractivity contribution in [3.05, 3.63) is 24.2 Å². The third-order valence-corrected chi connectivity index (χ3v) is 8.80. The Balaban J connectivity index is 1.64. The predicted molar refractivity (Wildman–Crippen MR) is 112 cm³/mol. The number of cyclic esters (lactones) is 1. The SMILES string of the molecule is CC(=O)O[C@@H](C[C@]12C(=O)OC[C@@]34[C@@H]1CC[C@H](OC(C)=O)[C@]3(O)CO[C@]4(O)C[C@H]2C)c1ccoc1. The molecule has 2 bridgehead atoms. The van der Waals surface area contributed by atoms with E-state index in [-0.39, 0.29) is 32.5 Å². The third-order valence-electron chi connectivity index (χ3n) is 8.80. The second-order valence-electron chi connectivity index (χ2n) is 10.3. The highest BCUT2D eigenvalue weighted by molar-refractivity contribution is 5.80. The molecule has 2 saturated heterocycles. The summed E-state index contributed by atoms with van der Waals surface area (Å²) in [5.74, 6) is -4.30. The van der Waals surface area contributed by atoms with Crippen LogP contribution in [0.1, 0.15) is 58.1 Å². The molecule has 34 heavy (non-hydrogen) atoms. The van der Waals surface area contributed by atoms with Gasteiger partial charge in [-0.25, -0.2) is 0 Å². The van der Waals surface area contributed by atoms with Gasteiger partial charge < -0.3 is 33.6 Å². The molecule has 10 nitrogen and oxygen atoms in total. The number of aliphatic hydroxyl groups is 2. The van der Waals surface area contributed by atoms with Crippen LogP contribution >= 0.6 is 0 Å². The van der Waals surface area contributed by atoms with Crippen molar-refractivity contribution in [3.8, 4) is 0 Å². The lowest BCUT2D eigenvalue weighted by Gasteiger charge is -2.67. The molecule has 2 saturated carbocycles. The first-order valence-electron chi connectivity index (χ1n) is 11.6. The molecule has 4 fully saturated rings. The minimum absolute atomic E-state index is 0.0614. The number of hydrogen-bond donors (Lipinski definition) is 2. The lowest BCUT2D eigenvalue weighted by atomic mass is 9.39. The number of ether oxygens (including phenoxy) is 4. The van der Waals surface area contributed by atoms with Crippen LogP contribution in [0.3, 0.4) is 0 Å². The molecule has 1 spiro atoms. The average Bonchev–Trinajstić information content (AvgIpc) is 3.36. The molecule has 4 aliphatic rings. The molecule has 1 aromatic heterocycles. The van der Waals surface area contributed by atoms with Crippen molar-refractivity contribution < 1.29 is 48.0 Å². The molecule has 0 radical (unpaired) electrons. The van der Waals surface area contributed by atoms with E-state index in [1.807, 2.05) is 6.92 Å². The molecule has 2 aliphatic carbocycles. The fourth-order valence-electron chi connectivity index (χ4n) is 7.43. The van der Waals surface area contributed by atoms with Gasteiger partial charge in [-0.3, -0.25) is 14.4 Å². The molecular formula is C24H30O10. The second kappa shape index (κ2) is 7.53. The number of carbonyl (C=O) groups excluding carboxylic acids is 3. The van der Waals surface area contributed by atoms with Crippen LogP contribution in [-0.2, 0) is 33.3 Å². The van der Waals surface area contributed by atoms with Crippen LogP contribution in [0.5, 0.6) is 0 Å².